The van der Waals surface area contributed by atoms with Crippen LogP contribution in [0.5, 0.6) is 0 Å². The zero-order valence-electron chi connectivity index (χ0n) is 11.4. The molecule has 0 saturated heterocycles. The van der Waals surface area contributed by atoms with E-state index >= 15 is 0 Å². The number of benzene rings is 1. The summed E-state index contributed by atoms with van der Waals surface area (Å²) in [7, 11) is 0. The van der Waals surface area contributed by atoms with Gasteiger partial charge in [-0.05, 0) is 32.0 Å². The van der Waals surface area contributed by atoms with Gasteiger partial charge in [0, 0.05) is 15.0 Å². The number of anilines is 2. The molecular formula is C14H12FN3OS2. The van der Waals surface area contributed by atoms with Gasteiger partial charge in [0.25, 0.3) is 5.91 Å². The number of amides is 1. The van der Waals surface area contributed by atoms with E-state index in [1.165, 1.54) is 34.8 Å². The number of thiazole rings is 1. The Morgan fingerprint density at radius 3 is 2.76 bits per heavy atom. The van der Waals surface area contributed by atoms with Crippen molar-refractivity contribution in [2.24, 2.45) is 0 Å². The average molecular weight is 321 g/mol. The number of rotatable bonds is 2. The van der Waals surface area contributed by atoms with Crippen molar-refractivity contribution in [2.45, 2.75) is 13.8 Å². The summed E-state index contributed by atoms with van der Waals surface area (Å²) in [5.41, 5.74) is 7.16. The Labute approximate surface area is 128 Å². The summed E-state index contributed by atoms with van der Waals surface area (Å²) < 4.78 is 14.0. The number of aryl methyl sites for hydroxylation is 2. The normalized spacial score (nSPS) is 11.0. The third-order valence-electron chi connectivity index (χ3n) is 3.14. The maximum Gasteiger partial charge on any atom is 0.269 e. The topological polar surface area (TPSA) is 68.0 Å². The van der Waals surface area contributed by atoms with Gasteiger partial charge in [-0.1, -0.05) is 0 Å². The summed E-state index contributed by atoms with van der Waals surface area (Å²) in [6, 6.07) is 4.32. The first-order chi connectivity index (χ1) is 9.95. The molecule has 3 N–H and O–H groups in total. The van der Waals surface area contributed by atoms with Crippen molar-refractivity contribution in [3.63, 3.8) is 0 Å². The molecule has 0 atom stereocenters. The molecule has 0 spiro atoms. The fourth-order valence-corrected chi connectivity index (χ4v) is 3.75. The van der Waals surface area contributed by atoms with Crippen LogP contribution in [0.25, 0.3) is 10.1 Å². The maximum absolute atomic E-state index is 13.3. The molecule has 2 aromatic heterocycles. The molecule has 0 aliphatic heterocycles. The lowest BCUT2D eigenvalue weighted by Crippen LogP contribution is -2.11. The number of thiophene rings is 1. The van der Waals surface area contributed by atoms with Crippen LogP contribution < -0.4 is 11.1 Å². The lowest BCUT2D eigenvalue weighted by molar-refractivity contribution is 0.103. The third-order valence-corrected chi connectivity index (χ3v) is 5.32. The molecule has 0 aliphatic rings. The molecule has 108 valence electrons. The highest BCUT2D eigenvalue weighted by atomic mass is 32.1. The summed E-state index contributed by atoms with van der Waals surface area (Å²) in [6.45, 7) is 3.83. The number of nitrogen functional groups attached to an aromatic ring is 1. The first-order valence-electron chi connectivity index (χ1n) is 6.18. The predicted octanol–water partition coefficient (Wildman–Crippen LogP) is 3.95. The Morgan fingerprint density at radius 1 is 1.33 bits per heavy atom. The van der Waals surface area contributed by atoms with Gasteiger partial charge in [-0.15, -0.1) is 22.7 Å². The molecule has 4 nitrogen and oxygen atoms in total. The van der Waals surface area contributed by atoms with E-state index in [4.69, 9.17) is 5.73 Å². The van der Waals surface area contributed by atoms with Gasteiger partial charge >= 0.3 is 0 Å². The van der Waals surface area contributed by atoms with E-state index in [1.807, 2.05) is 13.8 Å². The molecule has 0 saturated carbocycles. The van der Waals surface area contributed by atoms with Crippen molar-refractivity contribution in [1.29, 1.82) is 0 Å². The second-order valence-electron chi connectivity index (χ2n) is 4.60. The second-order valence-corrected chi connectivity index (χ2v) is 6.86. The number of hydrogen-bond acceptors (Lipinski definition) is 5. The van der Waals surface area contributed by atoms with Crippen LogP contribution in [0.4, 0.5) is 15.2 Å². The Hall–Kier alpha value is -1.99. The third kappa shape index (κ3) is 2.50. The van der Waals surface area contributed by atoms with E-state index in [0.29, 0.717) is 21.1 Å². The van der Waals surface area contributed by atoms with Crippen molar-refractivity contribution in [2.75, 3.05) is 11.1 Å². The van der Waals surface area contributed by atoms with Gasteiger partial charge in [-0.2, -0.15) is 0 Å². The van der Waals surface area contributed by atoms with E-state index in [-0.39, 0.29) is 11.7 Å². The Kier molecular flexibility index (Phi) is 3.38. The SMILES string of the molecule is Cc1nc(NC(=O)c2sc3ccc(F)cc3c2N)sc1C. The van der Waals surface area contributed by atoms with Crippen molar-refractivity contribution in [1.82, 2.24) is 4.98 Å². The fourth-order valence-electron chi connectivity index (χ4n) is 1.94. The first-order valence-corrected chi connectivity index (χ1v) is 7.82. The lowest BCUT2D eigenvalue weighted by Gasteiger charge is -2.00. The molecular weight excluding hydrogens is 309 g/mol. The molecule has 7 heteroatoms. The highest BCUT2D eigenvalue weighted by Gasteiger charge is 2.18. The fraction of sp³-hybridized carbons (Fsp3) is 0.143. The molecule has 0 aliphatic carbocycles. The largest absolute Gasteiger partial charge is 0.397 e. The average Bonchev–Trinajstić information content (AvgIpc) is 2.91. The standard InChI is InChI=1S/C14H12FN3OS2/c1-6-7(2)20-14(17-6)18-13(19)12-11(16)9-5-8(15)3-4-10(9)21-12/h3-5H,16H2,1-2H3,(H,17,18,19). The van der Waals surface area contributed by atoms with E-state index in [9.17, 15) is 9.18 Å². The Morgan fingerprint density at radius 2 is 2.10 bits per heavy atom. The number of carbonyl (C=O) groups excluding carboxylic acids is 1. The van der Waals surface area contributed by atoms with E-state index in [1.54, 1.807) is 6.07 Å². The number of nitrogens with zero attached hydrogens (tertiary/aromatic N) is 1. The summed E-state index contributed by atoms with van der Waals surface area (Å²) in [5, 5.41) is 3.85. The molecule has 3 aromatic rings. The number of fused-ring (bicyclic) bond motifs is 1. The van der Waals surface area contributed by atoms with Crippen molar-refractivity contribution < 1.29 is 9.18 Å². The van der Waals surface area contributed by atoms with Crippen molar-refractivity contribution in [3.05, 3.63) is 39.5 Å². The van der Waals surface area contributed by atoms with E-state index in [2.05, 4.69) is 10.3 Å². The smallest absolute Gasteiger partial charge is 0.269 e. The number of halogens is 1. The van der Waals surface area contributed by atoms with Gasteiger partial charge in [0.2, 0.25) is 0 Å². The number of aromatic nitrogens is 1. The molecule has 0 fully saturated rings. The lowest BCUT2D eigenvalue weighted by atomic mass is 10.2. The summed E-state index contributed by atoms with van der Waals surface area (Å²) in [5.74, 6) is -0.687. The van der Waals surface area contributed by atoms with Crippen LogP contribution in [-0.4, -0.2) is 10.9 Å². The van der Waals surface area contributed by atoms with Crippen molar-refractivity contribution >= 4 is 49.5 Å². The molecule has 21 heavy (non-hydrogen) atoms. The van der Waals surface area contributed by atoms with Crippen LogP contribution in [0.1, 0.15) is 20.2 Å². The van der Waals surface area contributed by atoms with Gasteiger partial charge in [0.1, 0.15) is 10.7 Å². The molecule has 3 rings (SSSR count). The zero-order chi connectivity index (χ0) is 15.1. The number of hydrogen-bond donors (Lipinski definition) is 2. The van der Waals surface area contributed by atoms with Crippen LogP contribution in [-0.2, 0) is 0 Å². The zero-order valence-corrected chi connectivity index (χ0v) is 13.0. The Balaban J connectivity index is 1.96. The highest BCUT2D eigenvalue weighted by Crippen LogP contribution is 2.34. The van der Waals surface area contributed by atoms with E-state index in [0.717, 1.165) is 15.3 Å². The minimum atomic E-state index is -0.370. The van der Waals surface area contributed by atoms with Crippen LogP contribution in [0, 0.1) is 19.7 Å². The van der Waals surface area contributed by atoms with Crippen molar-refractivity contribution in [3.8, 4) is 0 Å². The summed E-state index contributed by atoms with van der Waals surface area (Å²) in [4.78, 5) is 18.0. The second kappa shape index (κ2) is 5.09. The monoisotopic (exact) mass is 321 g/mol. The molecule has 0 bridgehead atoms. The minimum Gasteiger partial charge on any atom is -0.397 e. The summed E-state index contributed by atoms with van der Waals surface area (Å²) in [6.07, 6.45) is 0. The van der Waals surface area contributed by atoms with Crippen LogP contribution in [0.2, 0.25) is 0 Å². The number of carbonyl (C=O) groups is 1. The van der Waals surface area contributed by atoms with Gasteiger partial charge < -0.3 is 5.73 Å². The highest BCUT2D eigenvalue weighted by molar-refractivity contribution is 7.22. The van der Waals surface area contributed by atoms with Crippen LogP contribution in [0.15, 0.2) is 18.2 Å². The predicted molar refractivity (Wildman–Crippen MR) is 85.7 cm³/mol. The van der Waals surface area contributed by atoms with Gasteiger partial charge in [-0.3, -0.25) is 10.1 Å². The van der Waals surface area contributed by atoms with Gasteiger partial charge in [0.05, 0.1) is 11.4 Å². The molecule has 0 unspecified atom stereocenters. The number of nitrogens with one attached hydrogen (secondary N) is 1. The quantitative estimate of drug-likeness (QED) is 0.751. The van der Waals surface area contributed by atoms with E-state index < -0.39 is 0 Å². The molecule has 1 amide bonds. The summed E-state index contributed by atoms with van der Waals surface area (Å²) >= 11 is 2.66. The molecule has 2 heterocycles. The van der Waals surface area contributed by atoms with Crippen LogP contribution in [0.3, 0.4) is 0 Å². The number of nitrogens with two attached hydrogens (primary N) is 1. The minimum absolute atomic E-state index is 0.303. The molecule has 1 aromatic carbocycles. The van der Waals surface area contributed by atoms with Crippen LogP contribution >= 0.6 is 22.7 Å². The van der Waals surface area contributed by atoms with Gasteiger partial charge in [-0.25, -0.2) is 9.37 Å². The maximum atomic E-state index is 13.3. The van der Waals surface area contributed by atoms with Gasteiger partial charge in [0.15, 0.2) is 5.13 Å². The molecule has 0 radical (unpaired) electrons. The first kappa shape index (κ1) is 14.0. The Bertz CT molecular complexity index is 834.